The molecule has 128 valence electrons. The number of hydroxylamine groups is 2. The Morgan fingerprint density at radius 1 is 1.21 bits per heavy atom. The van der Waals surface area contributed by atoms with Gasteiger partial charge in [-0.3, -0.25) is 4.84 Å². The topological polar surface area (TPSA) is 42.0 Å². The fourth-order valence-electron chi connectivity index (χ4n) is 3.27. The smallest absolute Gasteiger partial charge is 0.410 e. The number of nitrogens with zero attached hydrogens (tertiary/aromatic N) is 2. The van der Waals surface area contributed by atoms with E-state index in [9.17, 15) is 4.79 Å². The lowest BCUT2D eigenvalue weighted by Gasteiger charge is -2.38. The number of ether oxygens (including phenoxy) is 1. The summed E-state index contributed by atoms with van der Waals surface area (Å²) in [7, 11) is 1.58. The molecule has 1 aromatic carbocycles. The highest BCUT2D eigenvalue weighted by Crippen LogP contribution is 2.43. The van der Waals surface area contributed by atoms with Gasteiger partial charge >= 0.3 is 6.09 Å². The molecule has 1 spiro atoms. The average molecular weight is 364 g/mol. The third-order valence-electron chi connectivity index (χ3n) is 4.72. The SMILES string of the molecule is CON1C(=S)CC2(CCN(C(=O)OCc3ccccc3)CC2)C1=S. The third-order valence-corrected chi connectivity index (χ3v) is 5.63. The van der Waals surface area contributed by atoms with Crippen molar-refractivity contribution >= 4 is 40.5 Å². The molecule has 2 saturated heterocycles. The van der Waals surface area contributed by atoms with Gasteiger partial charge in [0.2, 0.25) is 0 Å². The number of piperidine rings is 1. The summed E-state index contributed by atoms with van der Waals surface area (Å²) in [5.41, 5.74) is 0.830. The Hall–Kier alpha value is -1.57. The first-order chi connectivity index (χ1) is 11.6. The van der Waals surface area contributed by atoms with Crippen LogP contribution in [0.5, 0.6) is 0 Å². The Bertz CT molecular complexity index is 642. The summed E-state index contributed by atoms with van der Waals surface area (Å²) in [4.78, 5) is 20.7. The predicted molar refractivity (Wildman–Crippen MR) is 98.5 cm³/mol. The molecule has 2 aliphatic rings. The summed E-state index contributed by atoms with van der Waals surface area (Å²) < 4.78 is 5.40. The summed E-state index contributed by atoms with van der Waals surface area (Å²) in [5.74, 6) is 0. The van der Waals surface area contributed by atoms with Crippen molar-refractivity contribution in [3.05, 3.63) is 35.9 Å². The highest BCUT2D eigenvalue weighted by Gasteiger charge is 2.49. The van der Waals surface area contributed by atoms with E-state index in [1.807, 2.05) is 30.3 Å². The maximum atomic E-state index is 12.3. The predicted octanol–water partition coefficient (Wildman–Crippen LogP) is 3.33. The summed E-state index contributed by atoms with van der Waals surface area (Å²) in [5, 5.41) is 1.58. The van der Waals surface area contributed by atoms with E-state index >= 15 is 0 Å². The Morgan fingerprint density at radius 3 is 2.46 bits per heavy atom. The maximum absolute atomic E-state index is 12.3. The van der Waals surface area contributed by atoms with E-state index in [2.05, 4.69) is 0 Å². The quantitative estimate of drug-likeness (QED) is 0.767. The Balaban J connectivity index is 1.54. The van der Waals surface area contributed by atoms with Gasteiger partial charge in [0, 0.05) is 24.9 Å². The summed E-state index contributed by atoms with van der Waals surface area (Å²) in [6, 6.07) is 9.68. The number of amides is 1. The van der Waals surface area contributed by atoms with Crippen molar-refractivity contribution in [3.63, 3.8) is 0 Å². The first-order valence-electron chi connectivity index (χ1n) is 7.93. The van der Waals surface area contributed by atoms with Gasteiger partial charge in [0.1, 0.15) is 16.6 Å². The molecule has 0 atom stereocenters. The van der Waals surface area contributed by atoms with E-state index in [0.29, 0.717) is 19.7 Å². The monoisotopic (exact) mass is 364 g/mol. The maximum Gasteiger partial charge on any atom is 0.410 e. The van der Waals surface area contributed by atoms with Gasteiger partial charge in [-0.1, -0.05) is 54.8 Å². The first kappa shape index (κ1) is 17.3. The van der Waals surface area contributed by atoms with Gasteiger partial charge in [-0.05, 0) is 18.4 Å². The molecule has 1 amide bonds. The molecule has 0 saturated carbocycles. The summed E-state index contributed by atoms with van der Waals surface area (Å²) in [6.45, 7) is 1.53. The lowest BCUT2D eigenvalue weighted by molar-refractivity contribution is 0.00369. The van der Waals surface area contributed by atoms with E-state index in [1.54, 1.807) is 17.1 Å². The molecule has 0 N–H and O–H groups in total. The molecule has 0 radical (unpaired) electrons. The number of hydrogen-bond acceptors (Lipinski definition) is 5. The van der Waals surface area contributed by atoms with Crippen molar-refractivity contribution in [3.8, 4) is 0 Å². The fourth-order valence-corrected chi connectivity index (χ4v) is 4.23. The van der Waals surface area contributed by atoms with Crippen LogP contribution < -0.4 is 0 Å². The number of thiocarbonyl (C=S) groups is 2. The molecule has 2 heterocycles. The number of rotatable bonds is 3. The zero-order valence-electron chi connectivity index (χ0n) is 13.6. The first-order valence-corrected chi connectivity index (χ1v) is 8.74. The van der Waals surface area contributed by atoms with E-state index in [-0.39, 0.29) is 11.5 Å². The second kappa shape index (κ2) is 7.13. The highest BCUT2D eigenvalue weighted by molar-refractivity contribution is 7.82. The van der Waals surface area contributed by atoms with Crippen LogP contribution in [0, 0.1) is 5.41 Å². The molecule has 5 nitrogen and oxygen atoms in total. The number of carbonyl (C=O) groups is 1. The lowest BCUT2D eigenvalue weighted by Crippen LogP contribution is -2.46. The van der Waals surface area contributed by atoms with Crippen molar-refractivity contribution in [2.45, 2.75) is 25.9 Å². The van der Waals surface area contributed by atoms with Crippen LogP contribution in [0.4, 0.5) is 4.79 Å². The molecule has 24 heavy (non-hydrogen) atoms. The van der Waals surface area contributed by atoms with Crippen molar-refractivity contribution in [1.82, 2.24) is 9.96 Å². The van der Waals surface area contributed by atoms with Gasteiger partial charge in [-0.15, -0.1) is 0 Å². The molecule has 0 unspecified atom stereocenters. The summed E-state index contributed by atoms with van der Waals surface area (Å²) >= 11 is 10.9. The second-order valence-electron chi connectivity index (χ2n) is 6.16. The fraction of sp³-hybridized carbons (Fsp3) is 0.471. The molecular weight excluding hydrogens is 344 g/mol. The molecule has 3 rings (SSSR count). The van der Waals surface area contributed by atoms with E-state index in [1.165, 1.54) is 0 Å². The van der Waals surface area contributed by atoms with E-state index in [0.717, 1.165) is 34.8 Å². The number of carbonyl (C=O) groups excluding carboxylic acids is 1. The van der Waals surface area contributed by atoms with Gasteiger partial charge in [0.15, 0.2) is 0 Å². The minimum atomic E-state index is -0.274. The van der Waals surface area contributed by atoms with Gasteiger partial charge in [0.05, 0.1) is 7.11 Å². The Labute approximate surface area is 152 Å². The summed E-state index contributed by atoms with van der Waals surface area (Å²) in [6.07, 6.45) is 2.02. The molecule has 2 fully saturated rings. The molecule has 1 aromatic rings. The second-order valence-corrected chi connectivity index (χ2v) is 7.02. The van der Waals surface area contributed by atoms with Crippen LogP contribution >= 0.6 is 24.4 Å². The normalized spacial score (nSPS) is 19.9. The molecule has 0 aromatic heterocycles. The van der Waals surface area contributed by atoms with E-state index < -0.39 is 0 Å². The molecule has 2 aliphatic heterocycles. The van der Waals surface area contributed by atoms with Crippen LogP contribution in [-0.2, 0) is 16.2 Å². The average Bonchev–Trinajstić information content (AvgIpc) is 2.84. The van der Waals surface area contributed by atoms with Crippen LogP contribution in [0.3, 0.4) is 0 Å². The Morgan fingerprint density at radius 2 is 1.88 bits per heavy atom. The van der Waals surface area contributed by atoms with Gasteiger partial charge in [-0.25, -0.2) is 9.86 Å². The number of likely N-dealkylation sites (tertiary alicyclic amines) is 1. The number of hydrogen-bond donors (Lipinski definition) is 0. The molecule has 7 heteroatoms. The van der Waals surface area contributed by atoms with Crippen molar-refractivity contribution in [2.75, 3.05) is 20.2 Å². The van der Waals surface area contributed by atoms with Gasteiger partial charge in [-0.2, -0.15) is 0 Å². The van der Waals surface area contributed by atoms with Crippen LogP contribution in [0.2, 0.25) is 0 Å². The minimum absolute atomic E-state index is 0.154. The van der Waals surface area contributed by atoms with Crippen molar-refractivity contribution in [2.24, 2.45) is 5.41 Å². The van der Waals surface area contributed by atoms with Crippen molar-refractivity contribution < 1.29 is 14.4 Å². The van der Waals surface area contributed by atoms with Crippen LogP contribution in [0.25, 0.3) is 0 Å². The van der Waals surface area contributed by atoms with Crippen LogP contribution in [0.1, 0.15) is 24.8 Å². The zero-order valence-corrected chi connectivity index (χ0v) is 15.2. The Kier molecular flexibility index (Phi) is 5.12. The van der Waals surface area contributed by atoms with Gasteiger partial charge in [0.25, 0.3) is 0 Å². The van der Waals surface area contributed by atoms with Crippen LogP contribution in [0.15, 0.2) is 30.3 Å². The highest BCUT2D eigenvalue weighted by atomic mass is 32.1. The largest absolute Gasteiger partial charge is 0.445 e. The molecule has 0 bridgehead atoms. The van der Waals surface area contributed by atoms with Crippen molar-refractivity contribution in [1.29, 1.82) is 0 Å². The third kappa shape index (κ3) is 3.29. The van der Waals surface area contributed by atoms with Gasteiger partial charge < -0.3 is 9.64 Å². The zero-order chi connectivity index (χ0) is 17.2. The molecular formula is C17H20N2O3S2. The minimum Gasteiger partial charge on any atom is -0.445 e. The molecule has 0 aliphatic carbocycles. The van der Waals surface area contributed by atoms with E-state index in [4.69, 9.17) is 34.0 Å². The lowest BCUT2D eigenvalue weighted by atomic mass is 9.78. The standard InChI is InChI=1S/C17H20N2O3S2/c1-21-19-14(23)11-17(15(19)24)7-9-18(10-8-17)16(20)22-12-13-5-3-2-4-6-13/h2-6H,7-12H2,1H3. The number of benzene rings is 1. The van der Waals surface area contributed by atoms with Crippen LogP contribution in [-0.4, -0.2) is 46.2 Å².